The number of anilines is 1. The third kappa shape index (κ3) is 5.77. The highest BCUT2D eigenvalue weighted by Gasteiger charge is 2.20. The Kier molecular flexibility index (Phi) is 8.78. The Balaban J connectivity index is 0.00000400. The number of carbonyl (C=O) groups excluding carboxylic acids is 1. The van der Waals surface area contributed by atoms with Crippen LogP contribution in [0.5, 0.6) is 0 Å². The fourth-order valence-corrected chi connectivity index (χ4v) is 2.67. The van der Waals surface area contributed by atoms with Gasteiger partial charge in [-0.3, -0.25) is 9.00 Å². The van der Waals surface area contributed by atoms with E-state index in [4.69, 9.17) is 5.73 Å². The monoisotopic (exact) mass is 332 g/mol. The van der Waals surface area contributed by atoms with Crippen LogP contribution in [0.2, 0.25) is 0 Å². The molecule has 3 N–H and O–H groups in total. The molecule has 3 unspecified atom stereocenters. The van der Waals surface area contributed by atoms with Crippen LogP contribution in [0.15, 0.2) is 18.2 Å². The number of hydrogen-bond acceptors (Lipinski definition) is 3. The molecule has 0 saturated carbocycles. The van der Waals surface area contributed by atoms with Gasteiger partial charge in [-0.05, 0) is 30.0 Å². The Morgan fingerprint density at radius 1 is 1.43 bits per heavy atom. The Hall–Kier alpha value is -0.910. The summed E-state index contributed by atoms with van der Waals surface area (Å²) >= 11 is 0. The Bertz CT molecular complexity index is 508. The van der Waals surface area contributed by atoms with Gasteiger partial charge < -0.3 is 11.1 Å². The fourth-order valence-electron chi connectivity index (χ4n) is 1.92. The molecule has 120 valence electrons. The van der Waals surface area contributed by atoms with Crippen LogP contribution in [0.25, 0.3) is 0 Å². The molecule has 1 rings (SSSR count). The Morgan fingerprint density at radius 3 is 2.57 bits per heavy atom. The summed E-state index contributed by atoms with van der Waals surface area (Å²) in [5.74, 6) is 0.464. The minimum Gasteiger partial charge on any atom is -0.324 e. The van der Waals surface area contributed by atoms with Crippen LogP contribution in [-0.4, -0.2) is 22.4 Å². The third-order valence-corrected chi connectivity index (χ3v) is 4.34. The standard InChI is InChI=1S/C15H24N2O2S.ClH/c1-5-10(2)14(16)15(18)17-13-8-6-7-12(11(13)3)9-20(4)19;/h6-8,10,14H,5,9,16H2,1-4H3,(H,17,18);1H. The van der Waals surface area contributed by atoms with Gasteiger partial charge in [-0.2, -0.15) is 0 Å². The Labute approximate surface area is 135 Å². The normalized spacial score (nSPS) is 14.7. The van der Waals surface area contributed by atoms with E-state index in [1.807, 2.05) is 39.0 Å². The van der Waals surface area contributed by atoms with E-state index in [1.54, 1.807) is 6.26 Å². The molecule has 3 atom stereocenters. The number of amides is 1. The van der Waals surface area contributed by atoms with Crippen molar-refractivity contribution in [1.82, 2.24) is 0 Å². The fraction of sp³-hybridized carbons (Fsp3) is 0.533. The number of rotatable bonds is 6. The minimum absolute atomic E-state index is 0. The summed E-state index contributed by atoms with van der Waals surface area (Å²) in [7, 11) is -0.903. The van der Waals surface area contributed by atoms with E-state index in [0.717, 1.165) is 23.2 Å². The van der Waals surface area contributed by atoms with E-state index in [9.17, 15) is 9.00 Å². The van der Waals surface area contributed by atoms with Gasteiger partial charge in [0.1, 0.15) is 0 Å². The summed E-state index contributed by atoms with van der Waals surface area (Å²) in [5.41, 5.74) is 8.61. The van der Waals surface area contributed by atoms with E-state index in [0.29, 0.717) is 5.75 Å². The van der Waals surface area contributed by atoms with Crippen LogP contribution in [0.4, 0.5) is 5.69 Å². The lowest BCUT2D eigenvalue weighted by molar-refractivity contribution is -0.118. The van der Waals surface area contributed by atoms with Gasteiger partial charge in [-0.15, -0.1) is 12.4 Å². The minimum atomic E-state index is -0.903. The summed E-state index contributed by atoms with van der Waals surface area (Å²) in [6.45, 7) is 5.90. The zero-order valence-electron chi connectivity index (χ0n) is 13.0. The average Bonchev–Trinajstić information content (AvgIpc) is 2.40. The van der Waals surface area contributed by atoms with Crippen molar-refractivity contribution in [2.75, 3.05) is 11.6 Å². The molecule has 0 bridgehead atoms. The quantitative estimate of drug-likeness (QED) is 0.841. The summed E-state index contributed by atoms with van der Waals surface area (Å²) in [6, 6.07) is 5.13. The average molecular weight is 333 g/mol. The van der Waals surface area contributed by atoms with Gasteiger partial charge in [0.25, 0.3) is 0 Å². The summed E-state index contributed by atoms with van der Waals surface area (Å²) in [5, 5.41) is 2.88. The lowest BCUT2D eigenvalue weighted by Crippen LogP contribution is -2.40. The molecule has 1 aromatic carbocycles. The van der Waals surface area contributed by atoms with Crippen LogP contribution in [0, 0.1) is 12.8 Å². The van der Waals surface area contributed by atoms with Crippen molar-refractivity contribution in [3.8, 4) is 0 Å². The van der Waals surface area contributed by atoms with Gasteiger partial charge >= 0.3 is 0 Å². The van der Waals surface area contributed by atoms with Crippen molar-refractivity contribution in [1.29, 1.82) is 0 Å². The smallest absolute Gasteiger partial charge is 0.241 e. The van der Waals surface area contributed by atoms with Gasteiger partial charge in [-0.25, -0.2) is 0 Å². The first kappa shape index (κ1) is 20.1. The van der Waals surface area contributed by atoms with Crippen molar-refractivity contribution in [3.63, 3.8) is 0 Å². The van der Waals surface area contributed by atoms with Gasteiger partial charge in [0.05, 0.1) is 6.04 Å². The number of halogens is 1. The second kappa shape index (κ2) is 9.18. The predicted molar refractivity (Wildman–Crippen MR) is 92.3 cm³/mol. The SMILES string of the molecule is CCC(C)C(N)C(=O)Nc1cccc(CS(C)=O)c1C.Cl. The first-order valence-corrected chi connectivity index (χ1v) is 8.54. The molecule has 0 aromatic heterocycles. The lowest BCUT2D eigenvalue weighted by atomic mass is 9.99. The number of benzene rings is 1. The predicted octanol–water partition coefficient (Wildman–Crippen LogP) is 2.61. The van der Waals surface area contributed by atoms with Crippen LogP contribution in [-0.2, 0) is 21.3 Å². The summed E-state index contributed by atoms with van der Waals surface area (Å²) in [4.78, 5) is 12.1. The maximum absolute atomic E-state index is 12.1. The molecule has 6 heteroatoms. The van der Waals surface area contributed by atoms with Crippen molar-refractivity contribution < 1.29 is 9.00 Å². The molecule has 1 aromatic rings. The van der Waals surface area contributed by atoms with Crippen LogP contribution >= 0.6 is 12.4 Å². The molecule has 4 nitrogen and oxygen atoms in total. The topological polar surface area (TPSA) is 72.2 Å². The van der Waals surface area contributed by atoms with E-state index in [2.05, 4.69) is 5.32 Å². The second-order valence-corrected chi connectivity index (χ2v) is 6.64. The highest BCUT2D eigenvalue weighted by Crippen LogP contribution is 2.20. The van der Waals surface area contributed by atoms with E-state index in [1.165, 1.54) is 0 Å². The molecule has 0 radical (unpaired) electrons. The number of nitrogens with one attached hydrogen (secondary N) is 1. The van der Waals surface area contributed by atoms with Crippen LogP contribution in [0.1, 0.15) is 31.4 Å². The van der Waals surface area contributed by atoms with E-state index < -0.39 is 16.8 Å². The van der Waals surface area contributed by atoms with Gasteiger partial charge in [-0.1, -0.05) is 32.4 Å². The molecular formula is C15H25ClN2O2S. The molecule has 21 heavy (non-hydrogen) atoms. The highest BCUT2D eigenvalue weighted by atomic mass is 35.5. The van der Waals surface area contributed by atoms with Crippen molar-refractivity contribution in [2.45, 2.75) is 39.0 Å². The van der Waals surface area contributed by atoms with Gasteiger partial charge in [0.15, 0.2) is 0 Å². The van der Waals surface area contributed by atoms with E-state index >= 15 is 0 Å². The molecule has 0 aliphatic carbocycles. The molecule has 0 spiro atoms. The number of hydrogen-bond donors (Lipinski definition) is 2. The molecular weight excluding hydrogens is 308 g/mol. The molecule has 0 fully saturated rings. The van der Waals surface area contributed by atoms with Gasteiger partial charge in [0.2, 0.25) is 5.91 Å². The van der Waals surface area contributed by atoms with Crippen molar-refractivity contribution >= 4 is 34.8 Å². The Morgan fingerprint density at radius 2 is 2.05 bits per heavy atom. The lowest BCUT2D eigenvalue weighted by Gasteiger charge is -2.19. The van der Waals surface area contributed by atoms with Crippen LogP contribution < -0.4 is 11.1 Å². The molecule has 0 aliphatic heterocycles. The summed E-state index contributed by atoms with van der Waals surface area (Å²) < 4.78 is 11.3. The summed E-state index contributed by atoms with van der Waals surface area (Å²) in [6.07, 6.45) is 2.53. The zero-order valence-corrected chi connectivity index (χ0v) is 14.6. The second-order valence-electron chi connectivity index (χ2n) is 5.21. The van der Waals surface area contributed by atoms with Crippen molar-refractivity contribution in [2.24, 2.45) is 11.7 Å². The first-order valence-electron chi connectivity index (χ1n) is 6.81. The van der Waals surface area contributed by atoms with E-state index in [-0.39, 0.29) is 24.2 Å². The maximum Gasteiger partial charge on any atom is 0.241 e. The largest absolute Gasteiger partial charge is 0.324 e. The highest BCUT2D eigenvalue weighted by molar-refractivity contribution is 7.83. The molecule has 1 amide bonds. The zero-order chi connectivity index (χ0) is 15.3. The molecule has 0 aliphatic rings. The molecule has 0 heterocycles. The van der Waals surface area contributed by atoms with Gasteiger partial charge in [0, 0.05) is 28.5 Å². The van der Waals surface area contributed by atoms with Crippen molar-refractivity contribution in [3.05, 3.63) is 29.3 Å². The first-order chi connectivity index (χ1) is 9.36. The maximum atomic E-state index is 12.1. The number of nitrogens with two attached hydrogens (primary N) is 1. The van der Waals surface area contributed by atoms with Crippen LogP contribution in [0.3, 0.4) is 0 Å². The molecule has 0 saturated heterocycles. The third-order valence-electron chi connectivity index (χ3n) is 3.62. The number of carbonyl (C=O) groups is 1.